The maximum Gasteiger partial charge on any atom is 0.407 e. The fourth-order valence-electron chi connectivity index (χ4n) is 4.14. The molecule has 1 saturated heterocycles. The number of nitrogens with zero attached hydrogens (tertiary/aromatic N) is 8. The van der Waals surface area contributed by atoms with E-state index in [4.69, 9.17) is 11.6 Å². The van der Waals surface area contributed by atoms with Crippen LogP contribution in [0, 0.1) is 22.7 Å². The van der Waals surface area contributed by atoms with Crippen molar-refractivity contribution in [2.75, 3.05) is 42.2 Å². The lowest BCUT2D eigenvalue weighted by Gasteiger charge is -2.40. The molecule has 2 atom stereocenters. The van der Waals surface area contributed by atoms with Crippen LogP contribution in [-0.4, -0.2) is 79.6 Å². The number of halogens is 1. The first kappa shape index (κ1) is 24.8. The Morgan fingerprint density at radius 3 is 2.78 bits per heavy atom. The van der Waals surface area contributed by atoms with Gasteiger partial charge in [-0.1, -0.05) is 11.6 Å². The molecule has 1 aliphatic rings. The lowest BCUT2D eigenvalue weighted by molar-refractivity contribution is 0.0497. The molecule has 0 radical (unpaired) electrons. The van der Waals surface area contributed by atoms with Crippen LogP contribution in [0.2, 0.25) is 5.02 Å². The van der Waals surface area contributed by atoms with Crippen LogP contribution in [-0.2, 0) is 0 Å². The summed E-state index contributed by atoms with van der Waals surface area (Å²) in [4.78, 5) is 22.9. The van der Waals surface area contributed by atoms with Crippen molar-refractivity contribution in [1.82, 2.24) is 24.5 Å². The van der Waals surface area contributed by atoms with E-state index in [2.05, 4.69) is 31.8 Å². The van der Waals surface area contributed by atoms with Gasteiger partial charge in [-0.05, 0) is 25.5 Å². The van der Waals surface area contributed by atoms with Crippen molar-refractivity contribution in [2.45, 2.75) is 25.5 Å². The van der Waals surface area contributed by atoms with E-state index < -0.39 is 18.2 Å². The fourth-order valence-corrected chi connectivity index (χ4v) is 4.42. The average Bonchev–Trinajstić information content (AvgIpc) is 3.28. The molecule has 0 aliphatic carbocycles. The summed E-state index contributed by atoms with van der Waals surface area (Å²) < 4.78 is 1.36. The number of amides is 1. The van der Waals surface area contributed by atoms with Gasteiger partial charge in [0.2, 0.25) is 5.95 Å². The number of hydrogen-bond donors (Lipinski definition) is 4. The van der Waals surface area contributed by atoms with E-state index in [0.29, 0.717) is 47.9 Å². The predicted molar refractivity (Wildman–Crippen MR) is 132 cm³/mol. The molecule has 1 aliphatic heterocycles. The third-order valence-corrected chi connectivity index (χ3v) is 6.33. The van der Waals surface area contributed by atoms with Crippen molar-refractivity contribution < 1.29 is 15.0 Å². The van der Waals surface area contributed by atoms with Gasteiger partial charge in [0.15, 0.2) is 17.2 Å². The Labute approximate surface area is 211 Å². The number of carboxylic acid groups (broad SMARTS) is 1. The van der Waals surface area contributed by atoms with E-state index in [1.807, 2.05) is 17.9 Å². The number of piperidine rings is 1. The van der Waals surface area contributed by atoms with E-state index in [0.717, 1.165) is 4.90 Å². The second-order valence-corrected chi connectivity index (χ2v) is 8.54. The maximum absolute atomic E-state index is 11.3. The molecule has 4 N–H and O–H groups in total. The van der Waals surface area contributed by atoms with Gasteiger partial charge in [0.1, 0.15) is 6.07 Å². The molecule has 0 bridgehead atoms. The highest BCUT2D eigenvalue weighted by molar-refractivity contribution is 6.36. The zero-order chi connectivity index (χ0) is 26.0. The predicted octanol–water partition coefficient (Wildman–Crippen LogP) is 2.25. The monoisotopic (exact) mass is 510 g/mol. The molecular weight excluding hydrogens is 488 g/mol. The van der Waals surface area contributed by atoms with Crippen molar-refractivity contribution in [3.05, 3.63) is 34.6 Å². The van der Waals surface area contributed by atoms with Crippen LogP contribution in [0.4, 0.5) is 27.9 Å². The number of anilines is 4. The average molecular weight is 511 g/mol. The first-order chi connectivity index (χ1) is 17.3. The van der Waals surface area contributed by atoms with Crippen LogP contribution in [0.15, 0.2) is 18.3 Å². The first-order valence-corrected chi connectivity index (χ1v) is 11.4. The molecule has 4 rings (SSSR count). The van der Waals surface area contributed by atoms with E-state index in [1.54, 1.807) is 12.1 Å². The summed E-state index contributed by atoms with van der Waals surface area (Å²) in [5, 5.41) is 49.6. The largest absolute Gasteiger partial charge is 0.465 e. The number of nitrogens with one attached hydrogen (secondary N) is 2. The van der Waals surface area contributed by atoms with Crippen LogP contribution in [0.1, 0.15) is 24.6 Å². The number of fused-ring (bicyclic) bond motifs is 1. The lowest BCUT2D eigenvalue weighted by Crippen LogP contribution is -2.54. The summed E-state index contributed by atoms with van der Waals surface area (Å²) in [5.74, 6) is 0.537. The molecule has 1 fully saturated rings. The smallest absolute Gasteiger partial charge is 0.407 e. The Morgan fingerprint density at radius 1 is 1.36 bits per heavy atom. The van der Waals surface area contributed by atoms with Crippen molar-refractivity contribution in [2.24, 2.45) is 0 Å². The number of imidazole rings is 1. The molecule has 0 unspecified atom stereocenters. The minimum atomic E-state index is -1.12. The number of likely N-dealkylation sites (N-methyl/N-ethyl adjacent to an activating group) is 1. The lowest BCUT2D eigenvalue weighted by atomic mass is 9.99. The van der Waals surface area contributed by atoms with E-state index in [1.165, 1.54) is 17.8 Å². The normalized spacial score (nSPS) is 17.3. The molecule has 1 aromatic carbocycles. The van der Waals surface area contributed by atoms with E-state index in [-0.39, 0.29) is 23.2 Å². The number of nitriles is 2. The zero-order valence-electron chi connectivity index (χ0n) is 19.5. The number of carbonyl (C=O) groups is 1. The van der Waals surface area contributed by atoms with Crippen molar-refractivity contribution >= 4 is 46.5 Å². The standard InChI is InChI=1S/C22H23ClN10O3/c1-3-26-19-20-27-10-13(9-25)33(20)30-21(29-19)28-14-6-12(8-24)7-16(18(14)23)32-5-4-15(17(34)11-32)31(2)22(35)36/h6-7,10,15,17,34H,3-5,11H2,1-2H3,(H,35,36)(H2,26,28,29,30)/t15-,17-/m1/s1. The van der Waals surface area contributed by atoms with Crippen LogP contribution < -0.4 is 15.5 Å². The van der Waals surface area contributed by atoms with E-state index >= 15 is 0 Å². The SMILES string of the molecule is CCNc1nc(Nc2cc(C#N)cc(N3CC[C@@H](N(C)C(=O)O)[C@H](O)C3)c2Cl)nn2c(C#N)cnc12. The number of rotatable bonds is 6. The number of hydrogen-bond acceptors (Lipinski definition) is 10. The second kappa shape index (κ2) is 10.1. The minimum absolute atomic E-state index is 0.123. The molecule has 13 nitrogen and oxygen atoms in total. The molecule has 186 valence electrons. The van der Waals surface area contributed by atoms with Gasteiger partial charge in [0, 0.05) is 26.7 Å². The molecule has 36 heavy (non-hydrogen) atoms. The fraction of sp³-hybridized carbons (Fsp3) is 0.364. The molecule has 1 amide bonds. The highest BCUT2D eigenvalue weighted by atomic mass is 35.5. The van der Waals surface area contributed by atoms with Crippen LogP contribution in [0.5, 0.6) is 0 Å². The molecule has 3 aromatic rings. The van der Waals surface area contributed by atoms with Crippen molar-refractivity contribution in [3.8, 4) is 12.1 Å². The Hall–Kier alpha value is -4.33. The van der Waals surface area contributed by atoms with Crippen LogP contribution >= 0.6 is 11.6 Å². The number of aliphatic hydroxyl groups excluding tert-OH is 1. The summed E-state index contributed by atoms with van der Waals surface area (Å²) in [6.45, 7) is 3.00. The summed E-state index contributed by atoms with van der Waals surface area (Å²) in [7, 11) is 1.42. The Morgan fingerprint density at radius 2 is 2.14 bits per heavy atom. The minimum Gasteiger partial charge on any atom is -0.465 e. The molecular formula is C22H23ClN10O3. The highest BCUT2D eigenvalue weighted by Gasteiger charge is 2.33. The van der Waals surface area contributed by atoms with Gasteiger partial charge in [-0.2, -0.15) is 20.0 Å². The molecule has 0 spiro atoms. The van der Waals surface area contributed by atoms with Gasteiger partial charge in [-0.3, -0.25) is 0 Å². The van der Waals surface area contributed by atoms with Crippen LogP contribution in [0.25, 0.3) is 5.65 Å². The van der Waals surface area contributed by atoms with Gasteiger partial charge < -0.3 is 30.6 Å². The Balaban J connectivity index is 1.69. The van der Waals surface area contributed by atoms with Gasteiger partial charge in [0.05, 0.1) is 46.4 Å². The number of β-amino-alcohol motifs (C(OH)–C–C–N with tert-alkyl or cyclic N) is 1. The molecule has 14 heteroatoms. The second-order valence-electron chi connectivity index (χ2n) is 8.16. The highest BCUT2D eigenvalue weighted by Crippen LogP contribution is 2.37. The summed E-state index contributed by atoms with van der Waals surface area (Å²) in [6, 6.07) is 6.74. The molecule has 0 saturated carbocycles. The Kier molecular flexibility index (Phi) is 6.96. The Bertz CT molecular complexity index is 1400. The number of aromatic nitrogens is 4. The summed E-state index contributed by atoms with van der Waals surface area (Å²) in [5.41, 5.74) is 1.77. The van der Waals surface area contributed by atoms with Gasteiger partial charge in [0.25, 0.3) is 0 Å². The number of benzene rings is 1. The summed E-state index contributed by atoms with van der Waals surface area (Å²) in [6.07, 6.45) is -0.289. The van der Waals surface area contributed by atoms with Gasteiger partial charge in [-0.15, -0.1) is 5.10 Å². The third-order valence-electron chi connectivity index (χ3n) is 5.94. The van der Waals surface area contributed by atoms with Crippen LogP contribution in [0.3, 0.4) is 0 Å². The number of aliphatic hydroxyl groups is 1. The topological polar surface area (TPSA) is 179 Å². The third kappa shape index (κ3) is 4.62. The summed E-state index contributed by atoms with van der Waals surface area (Å²) >= 11 is 6.73. The zero-order valence-corrected chi connectivity index (χ0v) is 20.2. The molecule has 2 aromatic heterocycles. The van der Waals surface area contributed by atoms with Crippen molar-refractivity contribution in [1.29, 1.82) is 10.5 Å². The molecule has 3 heterocycles. The van der Waals surface area contributed by atoms with E-state index in [9.17, 15) is 25.5 Å². The quantitative estimate of drug-likeness (QED) is 0.382. The van der Waals surface area contributed by atoms with Gasteiger partial charge in [-0.25, -0.2) is 9.78 Å². The van der Waals surface area contributed by atoms with Gasteiger partial charge >= 0.3 is 6.09 Å². The maximum atomic E-state index is 11.3. The van der Waals surface area contributed by atoms with Crippen molar-refractivity contribution in [3.63, 3.8) is 0 Å². The first-order valence-electron chi connectivity index (χ1n) is 11.1.